The number of hydrogen-bond donors (Lipinski definition) is 0. The van der Waals surface area contributed by atoms with Gasteiger partial charge >= 0.3 is 0 Å². The minimum atomic E-state index is 0.751. The highest BCUT2D eigenvalue weighted by Gasteiger charge is 2.84. The van der Waals surface area contributed by atoms with Gasteiger partial charge in [-0.05, 0) is 108 Å². The molecule has 4 atom stereocenters. The molecule has 0 N–H and O–H groups in total. The fourth-order valence-electron chi connectivity index (χ4n) is 9.92. The maximum atomic E-state index is 6.25. The van der Waals surface area contributed by atoms with Crippen molar-refractivity contribution < 1.29 is 8.83 Å². The predicted octanol–water partition coefficient (Wildman–Crippen LogP) is 9.50. The summed E-state index contributed by atoms with van der Waals surface area (Å²) in [6.07, 6.45) is 6.36. The summed E-state index contributed by atoms with van der Waals surface area (Å²) in [5.74, 6) is 5.54. The Morgan fingerprint density at radius 3 is 2.07 bits per heavy atom. The zero-order valence-corrected chi connectivity index (χ0v) is 22.9. The van der Waals surface area contributed by atoms with Crippen LogP contribution in [0.5, 0.6) is 0 Å². The highest BCUT2D eigenvalue weighted by Crippen LogP contribution is 2.91. The van der Waals surface area contributed by atoms with Crippen molar-refractivity contribution >= 4 is 61.3 Å². The maximum absolute atomic E-state index is 6.25. The number of rotatable bonds is 4. The molecule has 0 aliphatic heterocycles. The zero-order chi connectivity index (χ0) is 27.2. The number of hydrogen-bond acceptors (Lipinski definition) is 5. The second-order valence-electron chi connectivity index (χ2n) is 13.0. The van der Waals surface area contributed by atoms with Crippen molar-refractivity contribution in [1.29, 1.82) is 0 Å². The van der Waals surface area contributed by atoms with E-state index >= 15 is 0 Å². The molecule has 0 bridgehead atoms. The molecule has 5 heteroatoms. The van der Waals surface area contributed by atoms with E-state index in [-0.39, 0.29) is 0 Å². The third kappa shape index (κ3) is 2.49. The lowest BCUT2D eigenvalue weighted by molar-refractivity contribution is -0.390. The van der Waals surface area contributed by atoms with Crippen LogP contribution in [0.3, 0.4) is 0 Å². The summed E-state index contributed by atoms with van der Waals surface area (Å²) < 4.78 is 12.3. The van der Waals surface area contributed by atoms with E-state index in [2.05, 4.69) is 47.4 Å². The van der Waals surface area contributed by atoms with Crippen LogP contribution in [0.25, 0.3) is 44.1 Å². The molecular weight excluding hydrogens is 518 g/mol. The summed E-state index contributed by atoms with van der Waals surface area (Å²) in [7, 11) is 0. The number of anilines is 3. The summed E-state index contributed by atoms with van der Waals surface area (Å²) >= 11 is 0. The largest absolute Gasteiger partial charge is 0.454 e. The highest BCUT2D eigenvalue weighted by molar-refractivity contribution is 6.04. The number of para-hydroxylation sites is 2. The lowest BCUT2D eigenvalue weighted by Crippen LogP contribution is -2.82. The maximum Gasteiger partial charge on any atom is 0.155 e. The first-order valence-electron chi connectivity index (χ1n) is 15.2. The number of furan rings is 2. The third-order valence-electron chi connectivity index (χ3n) is 11.6. The molecule has 4 aliphatic carbocycles. The van der Waals surface area contributed by atoms with Gasteiger partial charge in [0.25, 0.3) is 0 Å². The van der Waals surface area contributed by atoms with Crippen molar-refractivity contribution in [3.8, 4) is 0 Å². The lowest BCUT2D eigenvalue weighted by Gasteiger charge is -2.89. The standard InChI is InChI=1S/C37H27N3O2/c1-3-7-29-25(5-1)35-32(42-29)18-24(19-38-35)40(33-14-13-31-36(39-33)26-6-2-4-8-30(26)41-31)23-11-9-20(10-12-23)34-27-16-21-15-22-17-28(34)37(21,22)27/h1-14,18-19,21-22,27-28,34H,15-17H2. The van der Waals surface area contributed by atoms with E-state index in [4.69, 9.17) is 18.8 Å². The van der Waals surface area contributed by atoms with E-state index in [9.17, 15) is 0 Å². The van der Waals surface area contributed by atoms with Crippen molar-refractivity contribution in [3.05, 3.63) is 103 Å². The predicted molar refractivity (Wildman–Crippen MR) is 164 cm³/mol. The van der Waals surface area contributed by atoms with E-state index in [1.165, 1.54) is 24.8 Å². The second kappa shape index (κ2) is 7.40. The Kier molecular flexibility index (Phi) is 3.88. The van der Waals surface area contributed by atoms with Crippen LogP contribution in [0.4, 0.5) is 17.2 Å². The van der Waals surface area contributed by atoms with Crippen molar-refractivity contribution in [1.82, 2.24) is 9.97 Å². The monoisotopic (exact) mass is 545 g/mol. The summed E-state index contributed by atoms with van der Waals surface area (Å²) in [4.78, 5) is 12.3. The average Bonchev–Trinajstić information content (AvgIpc) is 3.54. The molecule has 5 nitrogen and oxygen atoms in total. The van der Waals surface area contributed by atoms with Gasteiger partial charge in [0, 0.05) is 22.5 Å². The van der Waals surface area contributed by atoms with Crippen LogP contribution < -0.4 is 4.90 Å². The molecule has 4 unspecified atom stereocenters. The van der Waals surface area contributed by atoms with Crippen molar-refractivity contribution in [2.45, 2.75) is 25.2 Å². The molecule has 202 valence electrons. The molecule has 4 fully saturated rings. The Balaban J connectivity index is 1.05. The molecule has 1 spiro atoms. The second-order valence-corrected chi connectivity index (χ2v) is 13.0. The summed E-state index contributed by atoms with van der Waals surface area (Å²) in [5.41, 5.74) is 9.24. The minimum Gasteiger partial charge on any atom is -0.454 e. The number of nitrogens with zero attached hydrogens (tertiary/aromatic N) is 3. The number of aromatic nitrogens is 2. The van der Waals surface area contributed by atoms with Crippen LogP contribution in [0.1, 0.15) is 30.7 Å². The van der Waals surface area contributed by atoms with E-state index in [0.29, 0.717) is 0 Å². The summed E-state index contributed by atoms with van der Waals surface area (Å²) in [6.45, 7) is 0. The van der Waals surface area contributed by atoms with Crippen molar-refractivity contribution in [3.63, 3.8) is 0 Å². The highest BCUT2D eigenvalue weighted by atomic mass is 16.3. The van der Waals surface area contributed by atoms with Crippen LogP contribution in [0.2, 0.25) is 0 Å². The molecule has 0 amide bonds. The smallest absolute Gasteiger partial charge is 0.155 e. The normalized spacial score (nSPS) is 28.5. The van der Waals surface area contributed by atoms with Gasteiger partial charge in [0.2, 0.25) is 0 Å². The molecular formula is C37H27N3O2. The SMILES string of the molecule is c1ccc2c(c1)oc1cc(N(c3ccc(C4C5CC6CC7CC4C675)cc3)c3ccc4oc5ccccc5c4n3)cnc12. The Labute approximate surface area is 241 Å². The molecule has 7 aromatic rings. The van der Waals surface area contributed by atoms with E-state index in [1.54, 1.807) is 0 Å². The van der Waals surface area contributed by atoms with Gasteiger partial charge in [0.15, 0.2) is 11.2 Å². The van der Waals surface area contributed by atoms with E-state index in [0.717, 1.165) is 96.3 Å². The van der Waals surface area contributed by atoms with Crippen LogP contribution in [0.15, 0.2) is 106 Å². The van der Waals surface area contributed by atoms with Gasteiger partial charge in [0.1, 0.15) is 28.0 Å². The Morgan fingerprint density at radius 1 is 0.643 bits per heavy atom. The fraction of sp³-hybridized carbons (Fsp3) is 0.243. The Morgan fingerprint density at radius 2 is 1.33 bits per heavy atom. The molecule has 3 aromatic carbocycles. The van der Waals surface area contributed by atoms with Crippen LogP contribution >= 0.6 is 0 Å². The molecule has 4 saturated carbocycles. The Hall–Kier alpha value is -4.64. The Bertz CT molecular complexity index is 2220. The summed E-state index contributed by atoms with van der Waals surface area (Å²) in [5, 5.41) is 2.04. The fourth-order valence-corrected chi connectivity index (χ4v) is 9.92. The zero-order valence-electron chi connectivity index (χ0n) is 22.9. The quantitative estimate of drug-likeness (QED) is 0.220. The molecule has 42 heavy (non-hydrogen) atoms. The number of pyridine rings is 2. The molecule has 0 radical (unpaired) electrons. The topological polar surface area (TPSA) is 55.3 Å². The van der Waals surface area contributed by atoms with E-state index in [1.807, 2.05) is 54.7 Å². The van der Waals surface area contributed by atoms with Gasteiger partial charge in [-0.15, -0.1) is 0 Å². The first kappa shape index (κ1) is 22.0. The van der Waals surface area contributed by atoms with Crippen LogP contribution in [-0.4, -0.2) is 9.97 Å². The van der Waals surface area contributed by atoms with Gasteiger partial charge in [-0.1, -0.05) is 36.4 Å². The van der Waals surface area contributed by atoms with Crippen LogP contribution in [-0.2, 0) is 0 Å². The van der Waals surface area contributed by atoms with Gasteiger partial charge in [-0.2, -0.15) is 0 Å². The minimum absolute atomic E-state index is 0.751. The summed E-state index contributed by atoms with van der Waals surface area (Å²) in [6, 6.07) is 31.6. The molecule has 4 heterocycles. The molecule has 0 saturated heterocycles. The molecule has 4 aliphatic rings. The molecule has 11 rings (SSSR count). The van der Waals surface area contributed by atoms with Gasteiger partial charge in [-0.3, -0.25) is 4.90 Å². The van der Waals surface area contributed by atoms with Gasteiger partial charge in [0.05, 0.1) is 11.9 Å². The number of benzene rings is 3. The lowest BCUT2D eigenvalue weighted by atomic mass is 9.15. The van der Waals surface area contributed by atoms with E-state index < -0.39 is 0 Å². The first-order valence-corrected chi connectivity index (χ1v) is 15.2. The molecule has 4 aromatic heterocycles. The van der Waals surface area contributed by atoms with Crippen molar-refractivity contribution in [2.75, 3.05) is 4.90 Å². The third-order valence-corrected chi connectivity index (χ3v) is 11.6. The van der Waals surface area contributed by atoms with Crippen molar-refractivity contribution in [2.24, 2.45) is 29.1 Å². The average molecular weight is 546 g/mol. The van der Waals surface area contributed by atoms with Gasteiger partial charge in [-0.25, -0.2) is 9.97 Å². The first-order chi connectivity index (χ1) is 20.8. The van der Waals surface area contributed by atoms with Gasteiger partial charge < -0.3 is 8.83 Å². The number of fused-ring (bicyclic) bond motifs is 6. The van der Waals surface area contributed by atoms with Crippen LogP contribution in [0, 0.1) is 29.1 Å².